The van der Waals surface area contributed by atoms with E-state index >= 15 is 0 Å². The van der Waals surface area contributed by atoms with Crippen molar-refractivity contribution in [3.05, 3.63) is 57.6 Å². The normalized spacial score (nSPS) is 10.4. The minimum Gasteiger partial charge on any atom is -0.493 e. The SMILES string of the molecule is COC(=O)c1ccc(NC(=O)/C(C#N)=C/c2cc(OC)c(OCC#N)cc2Br)cc1. The number of carbonyl (C=O) groups excluding carboxylic acids is 2. The van der Waals surface area contributed by atoms with Crippen molar-refractivity contribution in [2.45, 2.75) is 0 Å². The van der Waals surface area contributed by atoms with Crippen molar-refractivity contribution in [2.24, 2.45) is 0 Å². The molecule has 0 aliphatic carbocycles. The Balaban J connectivity index is 2.26. The molecule has 0 unspecified atom stereocenters. The summed E-state index contributed by atoms with van der Waals surface area (Å²) in [5, 5.41) is 20.7. The molecule has 152 valence electrons. The Bertz CT molecular complexity index is 1070. The number of methoxy groups -OCH3 is 2. The summed E-state index contributed by atoms with van der Waals surface area (Å²) in [7, 11) is 2.71. The summed E-state index contributed by atoms with van der Waals surface area (Å²) >= 11 is 3.36. The van der Waals surface area contributed by atoms with Crippen LogP contribution in [0.3, 0.4) is 0 Å². The Kier molecular flexibility index (Phi) is 7.98. The largest absolute Gasteiger partial charge is 0.493 e. The highest BCUT2D eigenvalue weighted by Gasteiger charge is 2.14. The standard InChI is InChI=1S/C21H16BrN3O5/c1-28-18-10-14(17(22)11-19(18)30-8-7-23)9-15(12-24)20(26)25-16-5-3-13(4-6-16)21(27)29-2/h3-6,9-11H,8H2,1-2H3,(H,25,26)/b15-9+. The van der Waals surface area contributed by atoms with Crippen LogP contribution in [0, 0.1) is 22.7 Å². The van der Waals surface area contributed by atoms with Gasteiger partial charge in [-0.2, -0.15) is 10.5 Å². The summed E-state index contributed by atoms with van der Waals surface area (Å²) in [4.78, 5) is 24.0. The molecule has 0 heterocycles. The molecule has 0 fully saturated rings. The van der Waals surface area contributed by atoms with Crippen LogP contribution in [0.2, 0.25) is 0 Å². The first-order valence-corrected chi connectivity index (χ1v) is 9.21. The fourth-order valence-corrected chi connectivity index (χ4v) is 2.79. The predicted molar refractivity (Wildman–Crippen MR) is 112 cm³/mol. The minimum absolute atomic E-state index is 0.152. The van der Waals surface area contributed by atoms with E-state index in [0.29, 0.717) is 32.8 Å². The number of ether oxygens (including phenoxy) is 3. The Morgan fingerprint density at radius 2 is 1.83 bits per heavy atom. The van der Waals surface area contributed by atoms with Crippen LogP contribution in [0.5, 0.6) is 11.5 Å². The molecule has 2 aromatic rings. The number of halogens is 1. The van der Waals surface area contributed by atoms with Crippen LogP contribution in [-0.2, 0) is 9.53 Å². The molecule has 1 N–H and O–H groups in total. The van der Waals surface area contributed by atoms with Crippen LogP contribution in [0.25, 0.3) is 6.08 Å². The van der Waals surface area contributed by atoms with Crippen molar-refractivity contribution in [1.82, 2.24) is 0 Å². The van der Waals surface area contributed by atoms with Crippen molar-refractivity contribution < 1.29 is 23.8 Å². The predicted octanol–water partition coefficient (Wildman–Crippen LogP) is 3.69. The number of anilines is 1. The molecule has 0 aromatic heterocycles. The first-order valence-electron chi connectivity index (χ1n) is 8.42. The van der Waals surface area contributed by atoms with E-state index in [-0.39, 0.29) is 12.2 Å². The van der Waals surface area contributed by atoms with Gasteiger partial charge in [0.15, 0.2) is 18.1 Å². The second-order valence-corrected chi connectivity index (χ2v) is 6.52. The molecular weight excluding hydrogens is 454 g/mol. The Labute approximate surface area is 181 Å². The zero-order chi connectivity index (χ0) is 22.1. The zero-order valence-electron chi connectivity index (χ0n) is 16.1. The van der Waals surface area contributed by atoms with Gasteiger partial charge in [0.1, 0.15) is 17.7 Å². The van der Waals surface area contributed by atoms with Gasteiger partial charge in [0.25, 0.3) is 5.91 Å². The van der Waals surface area contributed by atoms with E-state index in [0.717, 1.165) is 0 Å². The molecule has 9 heteroatoms. The summed E-state index contributed by atoms with van der Waals surface area (Å²) in [6.07, 6.45) is 1.39. The molecule has 8 nitrogen and oxygen atoms in total. The quantitative estimate of drug-likeness (QED) is 0.372. The first kappa shape index (κ1) is 22.5. The second-order valence-electron chi connectivity index (χ2n) is 5.66. The van der Waals surface area contributed by atoms with Crippen LogP contribution in [0.1, 0.15) is 15.9 Å². The molecule has 0 atom stereocenters. The van der Waals surface area contributed by atoms with Crippen molar-refractivity contribution in [2.75, 3.05) is 26.1 Å². The van der Waals surface area contributed by atoms with Crippen LogP contribution in [-0.4, -0.2) is 32.7 Å². The summed E-state index contributed by atoms with van der Waals surface area (Å²) in [5.74, 6) is -0.432. The summed E-state index contributed by atoms with van der Waals surface area (Å²) in [5.41, 5.74) is 1.09. The van der Waals surface area contributed by atoms with E-state index in [9.17, 15) is 14.9 Å². The number of hydrogen-bond donors (Lipinski definition) is 1. The number of hydrogen-bond acceptors (Lipinski definition) is 7. The zero-order valence-corrected chi connectivity index (χ0v) is 17.6. The van der Waals surface area contributed by atoms with E-state index in [4.69, 9.17) is 14.7 Å². The third kappa shape index (κ3) is 5.60. The van der Waals surface area contributed by atoms with E-state index in [1.807, 2.05) is 12.1 Å². The molecule has 0 saturated carbocycles. The maximum absolute atomic E-state index is 12.5. The van der Waals surface area contributed by atoms with Crippen molar-refractivity contribution in [3.63, 3.8) is 0 Å². The van der Waals surface area contributed by atoms with Crippen LogP contribution < -0.4 is 14.8 Å². The van der Waals surface area contributed by atoms with Crippen LogP contribution >= 0.6 is 15.9 Å². The third-order valence-electron chi connectivity index (χ3n) is 3.80. The minimum atomic E-state index is -0.626. The second kappa shape index (κ2) is 10.6. The van der Waals surface area contributed by atoms with Gasteiger partial charge in [-0.1, -0.05) is 15.9 Å². The number of nitrogens with zero attached hydrogens (tertiary/aromatic N) is 2. The molecule has 30 heavy (non-hydrogen) atoms. The van der Waals surface area contributed by atoms with Crippen molar-refractivity contribution in [1.29, 1.82) is 10.5 Å². The highest BCUT2D eigenvalue weighted by molar-refractivity contribution is 9.10. The van der Waals surface area contributed by atoms with Gasteiger partial charge in [0.05, 0.1) is 19.8 Å². The van der Waals surface area contributed by atoms with Crippen LogP contribution in [0.4, 0.5) is 5.69 Å². The van der Waals surface area contributed by atoms with Gasteiger partial charge >= 0.3 is 5.97 Å². The lowest BCUT2D eigenvalue weighted by molar-refractivity contribution is -0.112. The van der Waals surface area contributed by atoms with Gasteiger partial charge in [-0.3, -0.25) is 4.79 Å². The van der Waals surface area contributed by atoms with Gasteiger partial charge in [-0.15, -0.1) is 0 Å². The Morgan fingerprint density at radius 3 is 2.40 bits per heavy atom. The maximum Gasteiger partial charge on any atom is 0.337 e. The summed E-state index contributed by atoms with van der Waals surface area (Å²) in [6.45, 7) is -0.154. The molecule has 0 radical (unpaired) electrons. The fourth-order valence-electron chi connectivity index (χ4n) is 2.35. The topological polar surface area (TPSA) is 121 Å². The highest BCUT2D eigenvalue weighted by Crippen LogP contribution is 2.34. The molecule has 0 saturated heterocycles. The maximum atomic E-state index is 12.5. The number of nitriles is 2. The number of rotatable bonds is 7. The molecule has 2 rings (SSSR count). The molecule has 0 aliphatic heterocycles. The van der Waals surface area contributed by atoms with E-state index in [1.165, 1.54) is 44.6 Å². The van der Waals surface area contributed by atoms with Crippen molar-refractivity contribution >= 4 is 39.6 Å². The lowest BCUT2D eigenvalue weighted by Gasteiger charge is -2.11. The molecule has 0 bridgehead atoms. The van der Waals surface area contributed by atoms with E-state index in [1.54, 1.807) is 12.1 Å². The smallest absolute Gasteiger partial charge is 0.337 e. The summed E-state index contributed by atoms with van der Waals surface area (Å²) < 4.78 is 15.7. The average Bonchev–Trinajstić information content (AvgIpc) is 2.76. The Morgan fingerprint density at radius 1 is 1.13 bits per heavy atom. The van der Waals surface area contributed by atoms with Gasteiger partial charge < -0.3 is 19.5 Å². The molecule has 2 aromatic carbocycles. The number of amides is 1. The number of benzene rings is 2. The fraction of sp³-hybridized carbons (Fsp3) is 0.143. The van der Waals surface area contributed by atoms with E-state index < -0.39 is 11.9 Å². The molecule has 0 aliphatic rings. The average molecular weight is 470 g/mol. The lowest BCUT2D eigenvalue weighted by Crippen LogP contribution is -2.13. The van der Waals surface area contributed by atoms with E-state index in [2.05, 4.69) is 26.0 Å². The van der Waals surface area contributed by atoms with Gasteiger partial charge in [0.2, 0.25) is 0 Å². The Hall–Kier alpha value is -3.82. The third-order valence-corrected chi connectivity index (χ3v) is 4.49. The van der Waals surface area contributed by atoms with Gasteiger partial charge in [-0.25, -0.2) is 4.79 Å². The number of carbonyl (C=O) groups is 2. The molecule has 0 spiro atoms. The molecule has 1 amide bonds. The number of esters is 1. The number of nitrogens with one attached hydrogen (secondary N) is 1. The van der Waals surface area contributed by atoms with Gasteiger partial charge in [0, 0.05) is 10.2 Å². The monoisotopic (exact) mass is 469 g/mol. The van der Waals surface area contributed by atoms with Gasteiger partial charge in [-0.05, 0) is 48.0 Å². The first-order chi connectivity index (χ1) is 14.4. The van der Waals surface area contributed by atoms with Crippen LogP contribution in [0.15, 0.2) is 46.4 Å². The summed E-state index contributed by atoms with van der Waals surface area (Å²) in [6, 6.07) is 12.9. The lowest BCUT2D eigenvalue weighted by atomic mass is 10.1. The highest BCUT2D eigenvalue weighted by atomic mass is 79.9. The van der Waals surface area contributed by atoms with Crippen molar-refractivity contribution in [3.8, 4) is 23.6 Å². The molecular formula is C21H16BrN3O5.